The number of hydrogen-bond donors (Lipinski definition) is 1. The molecule has 0 atom stereocenters. The lowest BCUT2D eigenvalue weighted by atomic mass is 10.5. The first kappa shape index (κ1) is 19.5. The van der Waals surface area contributed by atoms with Crippen molar-refractivity contribution >= 4 is 8.32 Å². The maximum absolute atomic E-state index is 12.0. The van der Waals surface area contributed by atoms with Crippen LogP contribution in [0.5, 0.6) is 0 Å². The van der Waals surface area contributed by atoms with Gasteiger partial charge in [0.1, 0.15) is 0 Å². The molecule has 0 bridgehead atoms. The second kappa shape index (κ2) is 6.54. The fourth-order valence-electron chi connectivity index (χ4n) is 1.50. The molecule has 0 aromatic rings. The summed E-state index contributed by atoms with van der Waals surface area (Å²) in [6.45, 7) is 0. The van der Waals surface area contributed by atoms with Gasteiger partial charge in [0.2, 0.25) is 0 Å². The van der Waals surface area contributed by atoms with Gasteiger partial charge >= 0.3 is 18.5 Å². The Kier molecular flexibility index (Phi) is 6.39. The highest BCUT2D eigenvalue weighted by molar-refractivity contribution is 6.72. The second-order valence-electron chi connectivity index (χ2n) is 4.57. The van der Waals surface area contributed by atoms with E-state index in [4.69, 9.17) is 0 Å². The minimum absolute atomic E-state index is 1.05. The summed E-state index contributed by atoms with van der Waals surface area (Å²) in [7, 11) is -4.24. The summed E-state index contributed by atoms with van der Waals surface area (Å²) in [5, 5.41) is 0. The van der Waals surface area contributed by atoms with Gasteiger partial charge in [-0.15, -0.1) is 0 Å². The average molecular weight is 336 g/mol. The quantitative estimate of drug-likeness (QED) is 0.547. The van der Waals surface area contributed by atoms with Gasteiger partial charge in [-0.05, 0) is 18.1 Å². The first-order valence-electron chi connectivity index (χ1n) is 5.55. The average Bonchev–Trinajstić information content (AvgIpc) is 2.18. The Morgan fingerprint density at radius 2 is 0.750 bits per heavy atom. The molecule has 0 aromatic carbocycles. The van der Waals surface area contributed by atoms with Crippen LogP contribution in [0.15, 0.2) is 0 Å². The highest BCUT2D eigenvalue weighted by atomic mass is 28.4. The van der Waals surface area contributed by atoms with Crippen molar-refractivity contribution in [1.29, 1.82) is 0 Å². The predicted molar refractivity (Wildman–Crippen MR) is 54.4 cm³/mol. The van der Waals surface area contributed by atoms with E-state index in [1.54, 1.807) is 0 Å². The van der Waals surface area contributed by atoms with Crippen LogP contribution in [0.3, 0.4) is 0 Å². The van der Waals surface area contributed by atoms with Gasteiger partial charge in [-0.3, -0.25) is 0 Å². The van der Waals surface area contributed by atoms with E-state index in [-0.39, 0.29) is 0 Å². The van der Waals surface area contributed by atoms with E-state index in [1.807, 2.05) is 0 Å². The van der Waals surface area contributed by atoms with Crippen molar-refractivity contribution in [2.45, 2.75) is 55.9 Å². The lowest BCUT2D eigenvalue weighted by Gasteiger charge is -2.26. The van der Waals surface area contributed by atoms with Crippen molar-refractivity contribution in [3.63, 3.8) is 0 Å². The third-order valence-corrected chi connectivity index (χ3v) is 6.16. The SMILES string of the molecule is O[Si](CCC(F)(F)F)(CCC(F)(F)F)CCC(F)(F)F. The van der Waals surface area contributed by atoms with E-state index in [0.29, 0.717) is 0 Å². The minimum Gasteiger partial charge on any atom is -0.432 e. The molecule has 0 saturated carbocycles. The van der Waals surface area contributed by atoms with Crippen LogP contribution in [-0.4, -0.2) is 31.6 Å². The standard InChI is InChI=1S/C9H13F9OSi/c10-7(11,12)1-4-20(19,5-2-8(13,14)15)6-3-9(16,17)18/h19H,1-6H2. The van der Waals surface area contributed by atoms with Crippen molar-refractivity contribution in [2.24, 2.45) is 0 Å². The third kappa shape index (κ3) is 11.4. The molecule has 0 aromatic heterocycles. The molecule has 0 saturated heterocycles. The Labute approximate surface area is 109 Å². The smallest absolute Gasteiger partial charge is 0.388 e. The fourth-order valence-corrected chi connectivity index (χ4v) is 4.49. The van der Waals surface area contributed by atoms with Crippen molar-refractivity contribution in [3.05, 3.63) is 0 Å². The second-order valence-corrected chi connectivity index (χ2v) is 8.52. The molecule has 0 unspecified atom stereocenters. The summed E-state index contributed by atoms with van der Waals surface area (Å²) in [6.07, 6.45) is -18.9. The molecule has 20 heavy (non-hydrogen) atoms. The van der Waals surface area contributed by atoms with E-state index >= 15 is 0 Å². The van der Waals surface area contributed by atoms with Crippen LogP contribution in [0.1, 0.15) is 19.3 Å². The van der Waals surface area contributed by atoms with Gasteiger partial charge in [0.05, 0.1) is 0 Å². The van der Waals surface area contributed by atoms with Crippen LogP contribution in [-0.2, 0) is 0 Å². The summed E-state index contributed by atoms with van der Waals surface area (Å²) in [4.78, 5) is 9.74. The van der Waals surface area contributed by atoms with Gasteiger partial charge in [0.25, 0.3) is 0 Å². The molecule has 0 amide bonds. The molecule has 11 heteroatoms. The summed E-state index contributed by atoms with van der Waals surface area (Å²) >= 11 is 0. The molecule has 0 aliphatic rings. The predicted octanol–water partition coefficient (Wildman–Crippen LogP) is 4.78. The lowest BCUT2D eigenvalue weighted by Crippen LogP contribution is -2.38. The van der Waals surface area contributed by atoms with Crippen molar-refractivity contribution < 1.29 is 44.3 Å². The van der Waals surface area contributed by atoms with E-state index in [9.17, 15) is 44.3 Å². The van der Waals surface area contributed by atoms with Crippen LogP contribution < -0.4 is 0 Å². The summed E-state index contributed by atoms with van der Waals surface area (Å²) in [5.74, 6) is 0. The first-order chi connectivity index (χ1) is 8.62. The Bertz CT molecular complexity index is 248. The van der Waals surface area contributed by atoms with E-state index < -0.39 is 64.2 Å². The highest BCUT2D eigenvalue weighted by Gasteiger charge is 2.42. The molecule has 0 aliphatic carbocycles. The fraction of sp³-hybridized carbons (Fsp3) is 1.00. The van der Waals surface area contributed by atoms with Crippen molar-refractivity contribution in [1.82, 2.24) is 0 Å². The number of rotatable bonds is 6. The summed E-state index contributed by atoms with van der Waals surface area (Å²) in [5.41, 5.74) is 0. The normalized spacial score (nSPS) is 14.7. The molecule has 1 N–H and O–H groups in total. The Balaban J connectivity index is 4.66. The zero-order valence-electron chi connectivity index (χ0n) is 10.1. The van der Waals surface area contributed by atoms with Crippen LogP contribution >= 0.6 is 0 Å². The van der Waals surface area contributed by atoms with Gasteiger partial charge < -0.3 is 4.80 Å². The zero-order valence-corrected chi connectivity index (χ0v) is 11.1. The molecule has 0 radical (unpaired) electrons. The lowest BCUT2D eigenvalue weighted by molar-refractivity contribution is -0.133. The monoisotopic (exact) mass is 336 g/mol. The minimum atomic E-state index is -4.72. The number of hydrogen-bond acceptors (Lipinski definition) is 1. The highest BCUT2D eigenvalue weighted by Crippen LogP contribution is 2.36. The van der Waals surface area contributed by atoms with Gasteiger partial charge in [-0.25, -0.2) is 0 Å². The molecule has 0 aliphatic heterocycles. The largest absolute Gasteiger partial charge is 0.432 e. The van der Waals surface area contributed by atoms with Crippen LogP contribution in [0.2, 0.25) is 18.1 Å². The molecule has 0 spiro atoms. The molecule has 122 valence electrons. The van der Waals surface area contributed by atoms with Gasteiger partial charge in [-0.1, -0.05) is 0 Å². The maximum atomic E-state index is 12.0. The van der Waals surface area contributed by atoms with Gasteiger partial charge in [0, 0.05) is 19.3 Å². The maximum Gasteiger partial charge on any atom is 0.388 e. The van der Waals surface area contributed by atoms with E-state index in [2.05, 4.69) is 0 Å². The number of alkyl halides is 9. The Morgan fingerprint density at radius 3 is 0.900 bits per heavy atom. The van der Waals surface area contributed by atoms with Crippen LogP contribution in [0.25, 0.3) is 0 Å². The van der Waals surface area contributed by atoms with E-state index in [1.165, 1.54) is 0 Å². The molecular weight excluding hydrogens is 323 g/mol. The topological polar surface area (TPSA) is 20.2 Å². The summed E-state index contributed by atoms with van der Waals surface area (Å²) < 4.78 is 108. The van der Waals surface area contributed by atoms with Crippen molar-refractivity contribution in [2.75, 3.05) is 0 Å². The zero-order chi connectivity index (χ0) is 16.2. The molecular formula is C9H13F9OSi. The summed E-state index contributed by atoms with van der Waals surface area (Å²) in [6, 6.07) is -3.16. The Morgan fingerprint density at radius 1 is 0.550 bits per heavy atom. The molecule has 1 nitrogen and oxygen atoms in total. The van der Waals surface area contributed by atoms with Gasteiger partial charge in [-0.2, -0.15) is 39.5 Å². The number of halogens is 9. The molecule has 0 rings (SSSR count). The third-order valence-electron chi connectivity index (χ3n) is 2.62. The molecule has 0 fully saturated rings. The van der Waals surface area contributed by atoms with Crippen LogP contribution in [0.4, 0.5) is 39.5 Å². The van der Waals surface area contributed by atoms with Gasteiger partial charge in [0.15, 0.2) is 8.32 Å². The first-order valence-corrected chi connectivity index (χ1v) is 8.11. The molecule has 0 heterocycles. The van der Waals surface area contributed by atoms with E-state index in [0.717, 1.165) is 0 Å². The van der Waals surface area contributed by atoms with Crippen LogP contribution in [0, 0.1) is 0 Å². The van der Waals surface area contributed by atoms with Crippen molar-refractivity contribution in [3.8, 4) is 0 Å². The Hall–Kier alpha value is -0.453.